The molecule has 4 aromatic carbocycles. The van der Waals surface area contributed by atoms with Crippen LogP contribution >= 0.6 is 15.9 Å². The van der Waals surface area contributed by atoms with Crippen LogP contribution in [0, 0.1) is 0 Å². The molecule has 1 aromatic heterocycles. The lowest BCUT2D eigenvalue weighted by Gasteiger charge is -2.21. The summed E-state index contributed by atoms with van der Waals surface area (Å²) in [6.45, 7) is 4.70. The van der Waals surface area contributed by atoms with E-state index in [9.17, 15) is 0 Å². The van der Waals surface area contributed by atoms with Gasteiger partial charge in [-0.3, -0.25) is 0 Å². The summed E-state index contributed by atoms with van der Waals surface area (Å²) in [6.07, 6.45) is 0. The van der Waals surface area contributed by atoms with Crippen LogP contribution in [0.4, 0.5) is 0 Å². The van der Waals surface area contributed by atoms with Gasteiger partial charge in [-0.05, 0) is 52.6 Å². The van der Waals surface area contributed by atoms with Gasteiger partial charge in [0.15, 0.2) is 0 Å². The van der Waals surface area contributed by atoms with Crippen molar-refractivity contribution in [1.82, 2.24) is 4.57 Å². The van der Waals surface area contributed by atoms with Gasteiger partial charge < -0.3 is 4.57 Å². The van der Waals surface area contributed by atoms with Crippen LogP contribution in [0.2, 0.25) is 0 Å². The van der Waals surface area contributed by atoms with Crippen LogP contribution in [0.25, 0.3) is 39.0 Å². The monoisotopic (exact) mass is 463 g/mol. The smallest absolute Gasteiger partial charge is 0.0585 e. The van der Waals surface area contributed by atoms with Crippen molar-refractivity contribution < 1.29 is 0 Å². The van der Waals surface area contributed by atoms with Crippen LogP contribution in [0.1, 0.15) is 25.0 Å². The highest BCUT2D eigenvalue weighted by atomic mass is 79.9. The van der Waals surface area contributed by atoms with Gasteiger partial charge in [-0.15, -0.1) is 0 Å². The topological polar surface area (TPSA) is 4.93 Å². The Hall–Kier alpha value is -3.10. The highest BCUT2D eigenvalue weighted by Gasteiger charge is 2.40. The molecule has 0 bridgehead atoms. The fourth-order valence-corrected chi connectivity index (χ4v) is 5.58. The molecule has 0 aliphatic heterocycles. The van der Waals surface area contributed by atoms with Gasteiger partial charge in [0.1, 0.15) is 0 Å². The van der Waals surface area contributed by atoms with Gasteiger partial charge in [-0.2, -0.15) is 0 Å². The molecule has 0 spiro atoms. The van der Waals surface area contributed by atoms with Gasteiger partial charge in [0.25, 0.3) is 0 Å². The Morgan fingerprint density at radius 2 is 1.39 bits per heavy atom. The van der Waals surface area contributed by atoms with Crippen molar-refractivity contribution in [2.75, 3.05) is 0 Å². The molecule has 0 saturated carbocycles. The minimum atomic E-state index is -0.0415. The molecule has 5 aromatic rings. The summed E-state index contributed by atoms with van der Waals surface area (Å²) in [7, 11) is 0. The van der Waals surface area contributed by atoms with Gasteiger partial charge in [-0.25, -0.2) is 0 Å². The molecule has 0 saturated heterocycles. The Kier molecular flexibility index (Phi) is 4.03. The van der Waals surface area contributed by atoms with Crippen molar-refractivity contribution in [2.45, 2.75) is 19.3 Å². The van der Waals surface area contributed by atoms with Crippen LogP contribution in [-0.4, -0.2) is 4.57 Å². The zero-order valence-electron chi connectivity index (χ0n) is 17.6. The summed E-state index contributed by atoms with van der Waals surface area (Å²) in [6, 6.07) is 35.0. The third-order valence-corrected chi connectivity index (χ3v) is 7.14. The van der Waals surface area contributed by atoms with Crippen molar-refractivity contribution in [2.24, 2.45) is 0 Å². The second-order valence-electron chi connectivity index (χ2n) is 8.80. The van der Waals surface area contributed by atoms with Crippen molar-refractivity contribution in [1.29, 1.82) is 0 Å². The zero-order chi connectivity index (χ0) is 21.2. The fourth-order valence-electron chi connectivity index (χ4n) is 5.22. The first-order chi connectivity index (χ1) is 15.1. The lowest BCUT2D eigenvalue weighted by molar-refractivity contribution is 0.666. The minimum absolute atomic E-state index is 0.0415. The average molecular weight is 464 g/mol. The number of hydrogen-bond donors (Lipinski definition) is 0. The van der Waals surface area contributed by atoms with Crippen molar-refractivity contribution >= 4 is 26.8 Å². The van der Waals surface area contributed by atoms with E-state index in [4.69, 9.17) is 0 Å². The second kappa shape index (κ2) is 6.70. The molecule has 0 atom stereocenters. The molecule has 0 N–H and O–H groups in total. The number of aromatic nitrogens is 1. The van der Waals surface area contributed by atoms with Gasteiger partial charge >= 0.3 is 0 Å². The van der Waals surface area contributed by atoms with Crippen LogP contribution in [0.15, 0.2) is 102 Å². The van der Waals surface area contributed by atoms with Gasteiger partial charge in [0, 0.05) is 26.5 Å². The van der Waals surface area contributed by atoms with Crippen molar-refractivity contribution in [3.63, 3.8) is 0 Å². The van der Waals surface area contributed by atoms with E-state index < -0.39 is 0 Å². The molecule has 150 valence electrons. The number of rotatable bonds is 2. The Bertz CT molecular complexity index is 1440. The third kappa shape index (κ3) is 2.68. The highest BCUT2D eigenvalue weighted by Crippen LogP contribution is 2.54. The predicted octanol–water partition coefficient (Wildman–Crippen LogP) is 8.37. The van der Waals surface area contributed by atoms with E-state index in [2.05, 4.69) is 131 Å². The number of benzene rings is 4. The molecule has 1 aliphatic rings. The largest absolute Gasteiger partial charge is 0.309 e. The molecule has 1 nitrogen and oxygen atoms in total. The molecular weight excluding hydrogens is 442 g/mol. The molecular formula is C29H22BrN. The maximum Gasteiger partial charge on any atom is 0.0585 e. The quantitative estimate of drug-likeness (QED) is 0.247. The summed E-state index contributed by atoms with van der Waals surface area (Å²) in [5.41, 5.74) is 10.3. The first-order valence-corrected chi connectivity index (χ1v) is 11.5. The lowest BCUT2D eigenvalue weighted by Crippen LogP contribution is -2.14. The van der Waals surface area contributed by atoms with E-state index >= 15 is 0 Å². The zero-order valence-corrected chi connectivity index (χ0v) is 19.1. The fraction of sp³-hybridized carbons (Fsp3) is 0.103. The normalized spacial score (nSPS) is 13.9. The number of nitrogens with zero attached hydrogens (tertiary/aromatic N) is 1. The van der Waals surface area contributed by atoms with Crippen LogP contribution in [0.5, 0.6) is 0 Å². The predicted molar refractivity (Wildman–Crippen MR) is 134 cm³/mol. The number of halogens is 1. The van der Waals surface area contributed by atoms with E-state index in [1.165, 1.54) is 50.1 Å². The Morgan fingerprint density at radius 3 is 2.16 bits per heavy atom. The molecule has 0 amide bonds. The summed E-state index contributed by atoms with van der Waals surface area (Å²) >= 11 is 3.71. The Morgan fingerprint density at radius 1 is 0.710 bits per heavy atom. The van der Waals surface area contributed by atoms with E-state index in [1.54, 1.807) is 0 Å². The third-order valence-electron chi connectivity index (χ3n) is 6.64. The molecule has 0 fully saturated rings. The molecule has 1 aliphatic carbocycles. The molecule has 1 heterocycles. The summed E-state index contributed by atoms with van der Waals surface area (Å²) in [5, 5.41) is 1.34. The summed E-state index contributed by atoms with van der Waals surface area (Å²) in [4.78, 5) is 0. The summed E-state index contributed by atoms with van der Waals surface area (Å²) in [5.74, 6) is 0. The Labute approximate surface area is 191 Å². The van der Waals surface area contributed by atoms with Gasteiger partial charge in [0.2, 0.25) is 0 Å². The van der Waals surface area contributed by atoms with E-state index in [0.29, 0.717) is 0 Å². The van der Waals surface area contributed by atoms with Gasteiger partial charge in [-0.1, -0.05) is 96.5 Å². The minimum Gasteiger partial charge on any atom is -0.309 e. The molecule has 0 radical (unpaired) electrons. The van der Waals surface area contributed by atoms with E-state index in [-0.39, 0.29) is 5.41 Å². The highest BCUT2D eigenvalue weighted by molar-refractivity contribution is 9.10. The Balaban J connectivity index is 1.64. The van der Waals surface area contributed by atoms with E-state index in [1.807, 2.05) is 0 Å². The van der Waals surface area contributed by atoms with Gasteiger partial charge in [0.05, 0.1) is 11.2 Å². The average Bonchev–Trinajstić information content (AvgIpc) is 3.25. The molecule has 0 unspecified atom stereocenters. The number of para-hydroxylation sites is 1. The number of fused-ring (bicyclic) bond motifs is 5. The standard InChI is InChI=1S/C29H22BrN/c1-29(2)25-17-14-21(30)18-24(25)28-27(29)23-10-6-7-11-26(23)31(28)22-15-12-20(13-16-22)19-8-4-3-5-9-19/h3-18H,1-2H3. The van der Waals surface area contributed by atoms with Crippen LogP contribution in [-0.2, 0) is 5.41 Å². The molecule has 2 heteroatoms. The molecule has 31 heavy (non-hydrogen) atoms. The summed E-state index contributed by atoms with van der Waals surface area (Å²) < 4.78 is 3.56. The van der Waals surface area contributed by atoms with E-state index in [0.717, 1.165) is 4.47 Å². The number of hydrogen-bond acceptors (Lipinski definition) is 0. The lowest BCUT2D eigenvalue weighted by atomic mass is 9.81. The van der Waals surface area contributed by atoms with Crippen LogP contribution < -0.4 is 0 Å². The first kappa shape index (κ1) is 18.7. The maximum atomic E-state index is 3.71. The van der Waals surface area contributed by atoms with Crippen molar-refractivity contribution in [3.8, 4) is 28.1 Å². The maximum absolute atomic E-state index is 3.71. The van der Waals surface area contributed by atoms with Crippen molar-refractivity contribution in [3.05, 3.63) is 113 Å². The second-order valence-corrected chi connectivity index (χ2v) is 9.72. The SMILES string of the molecule is CC1(C)c2ccc(Br)cc2-c2c1c1ccccc1n2-c1ccc(-c2ccccc2)cc1. The van der Waals surface area contributed by atoms with Crippen LogP contribution in [0.3, 0.4) is 0 Å². The first-order valence-electron chi connectivity index (χ1n) is 10.7. The molecule has 6 rings (SSSR count).